The number of amides is 1. The molecule has 7 nitrogen and oxygen atoms in total. The Kier molecular flexibility index (Phi) is 4.39. The average molecular weight is 342 g/mol. The van der Waals surface area contributed by atoms with E-state index in [0.29, 0.717) is 5.13 Å². The second kappa shape index (κ2) is 6.63. The second-order valence-electron chi connectivity index (χ2n) is 4.90. The van der Waals surface area contributed by atoms with Gasteiger partial charge in [-0.2, -0.15) is 5.10 Å². The van der Waals surface area contributed by atoms with E-state index in [1.807, 2.05) is 29.6 Å². The van der Waals surface area contributed by atoms with Crippen LogP contribution in [0.3, 0.4) is 0 Å². The van der Waals surface area contributed by atoms with Gasteiger partial charge < -0.3 is 4.74 Å². The van der Waals surface area contributed by atoms with Gasteiger partial charge in [0, 0.05) is 24.1 Å². The fourth-order valence-electron chi connectivity index (χ4n) is 2.01. The second-order valence-corrected chi connectivity index (χ2v) is 5.76. The fraction of sp³-hybridized carbons (Fsp3) is 0.125. The molecule has 24 heavy (non-hydrogen) atoms. The van der Waals surface area contributed by atoms with Crippen LogP contribution >= 0.6 is 11.3 Å². The lowest BCUT2D eigenvalue weighted by Crippen LogP contribution is -2.23. The Hall–Kier alpha value is -3.00. The first kappa shape index (κ1) is 15.9. The van der Waals surface area contributed by atoms with Crippen LogP contribution in [0.1, 0.15) is 10.5 Å². The molecule has 0 radical (unpaired) electrons. The van der Waals surface area contributed by atoms with E-state index >= 15 is 0 Å². The summed E-state index contributed by atoms with van der Waals surface area (Å²) in [6, 6.07) is 10.2. The zero-order chi connectivity index (χ0) is 17.1. The highest BCUT2D eigenvalue weighted by molar-refractivity contribution is 7.14. The third kappa shape index (κ3) is 3.33. The van der Waals surface area contributed by atoms with E-state index < -0.39 is 5.91 Å². The molecule has 1 amide bonds. The monoisotopic (exact) mass is 342 g/mol. The van der Waals surface area contributed by atoms with E-state index in [9.17, 15) is 9.59 Å². The van der Waals surface area contributed by atoms with Crippen molar-refractivity contribution in [1.29, 1.82) is 0 Å². The highest BCUT2D eigenvalue weighted by atomic mass is 32.1. The predicted octanol–water partition coefficient (Wildman–Crippen LogP) is 2.16. The molecule has 2 heterocycles. The van der Waals surface area contributed by atoms with Crippen molar-refractivity contribution in [1.82, 2.24) is 14.8 Å². The van der Waals surface area contributed by atoms with Crippen molar-refractivity contribution in [2.45, 2.75) is 0 Å². The van der Waals surface area contributed by atoms with Crippen molar-refractivity contribution < 1.29 is 9.53 Å². The van der Waals surface area contributed by atoms with Crippen LogP contribution in [0.4, 0.5) is 5.13 Å². The number of carbonyl (C=O) groups is 1. The maximum absolute atomic E-state index is 12.2. The van der Waals surface area contributed by atoms with Gasteiger partial charge in [-0.15, -0.1) is 11.3 Å². The molecule has 0 bridgehead atoms. The molecule has 0 fully saturated rings. The number of anilines is 1. The molecule has 0 aliphatic heterocycles. The molecule has 0 saturated carbocycles. The summed E-state index contributed by atoms with van der Waals surface area (Å²) >= 11 is 1.31. The smallest absolute Gasteiger partial charge is 0.277 e. The Balaban J connectivity index is 1.76. The Morgan fingerprint density at radius 2 is 1.96 bits per heavy atom. The number of nitrogens with one attached hydrogen (secondary N) is 1. The Morgan fingerprint density at radius 1 is 1.21 bits per heavy atom. The summed E-state index contributed by atoms with van der Waals surface area (Å²) in [4.78, 5) is 27.9. The summed E-state index contributed by atoms with van der Waals surface area (Å²) in [6.07, 6.45) is 0. The molecule has 1 N–H and O–H groups in total. The molecule has 0 atom stereocenters. The molecule has 3 aromatic rings. The largest absolute Gasteiger partial charge is 0.497 e. The third-order valence-electron chi connectivity index (χ3n) is 3.30. The van der Waals surface area contributed by atoms with Gasteiger partial charge in [-0.05, 0) is 30.3 Å². The van der Waals surface area contributed by atoms with E-state index in [2.05, 4.69) is 15.4 Å². The zero-order valence-electron chi connectivity index (χ0n) is 13.0. The number of methoxy groups -OCH3 is 1. The third-order valence-corrected chi connectivity index (χ3v) is 4.06. The molecule has 8 heteroatoms. The van der Waals surface area contributed by atoms with Gasteiger partial charge in [-0.1, -0.05) is 0 Å². The number of thiazole rings is 1. The van der Waals surface area contributed by atoms with Crippen LogP contribution in [0.5, 0.6) is 5.75 Å². The van der Waals surface area contributed by atoms with Gasteiger partial charge in [0.15, 0.2) is 5.13 Å². The molecule has 0 spiro atoms. The molecule has 1 aromatic carbocycles. The Labute approximate surface area is 141 Å². The van der Waals surface area contributed by atoms with E-state index in [1.165, 1.54) is 30.5 Å². The standard InChI is InChI=1S/C16H14N4O3S/c1-20-14(21)8-7-12(19-20)15(22)18-16-17-13(9-24-16)10-3-5-11(23-2)6-4-10/h3-9H,1-2H3,(H,17,18,22). The molecule has 0 aliphatic carbocycles. The van der Waals surface area contributed by atoms with E-state index in [1.54, 1.807) is 7.11 Å². The van der Waals surface area contributed by atoms with Crippen LogP contribution in [0.15, 0.2) is 46.6 Å². The number of hydrogen-bond acceptors (Lipinski definition) is 6. The number of aromatic nitrogens is 3. The van der Waals surface area contributed by atoms with Gasteiger partial charge >= 0.3 is 0 Å². The van der Waals surface area contributed by atoms with E-state index in [4.69, 9.17) is 4.74 Å². The minimum Gasteiger partial charge on any atom is -0.497 e. The Bertz CT molecular complexity index is 931. The lowest BCUT2D eigenvalue weighted by Gasteiger charge is -2.02. The van der Waals surface area contributed by atoms with Crippen molar-refractivity contribution in [2.24, 2.45) is 7.05 Å². The topological polar surface area (TPSA) is 86.1 Å². The van der Waals surface area contributed by atoms with Crippen molar-refractivity contribution in [3.8, 4) is 17.0 Å². The normalized spacial score (nSPS) is 10.4. The first-order valence-corrected chi connectivity index (χ1v) is 7.90. The zero-order valence-corrected chi connectivity index (χ0v) is 13.8. The summed E-state index contributed by atoms with van der Waals surface area (Å²) in [5.74, 6) is 0.351. The van der Waals surface area contributed by atoms with Crippen molar-refractivity contribution in [3.05, 3.63) is 57.8 Å². The van der Waals surface area contributed by atoms with Crippen molar-refractivity contribution >= 4 is 22.4 Å². The van der Waals surface area contributed by atoms with Crippen LogP contribution in [-0.2, 0) is 7.05 Å². The molecular formula is C16H14N4O3S. The number of ether oxygens (including phenoxy) is 1. The van der Waals surface area contributed by atoms with Crippen LogP contribution < -0.4 is 15.6 Å². The first-order chi connectivity index (χ1) is 11.6. The lowest BCUT2D eigenvalue weighted by molar-refractivity contribution is 0.102. The number of benzene rings is 1. The van der Waals surface area contributed by atoms with Gasteiger partial charge in [0.05, 0.1) is 12.8 Å². The number of carbonyl (C=O) groups excluding carboxylic acids is 1. The highest BCUT2D eigenvalue weighted by Gasteiger charge is 2.12. The number of aryl methyl sites for hydroxylation is 1. The average Bonchev–Trinajstić information content (AvgIpc) is 3.06. The summed E-state index contributed by atoms with van der Waals surface area (Å²) < 4.78 is 6.23. The number of rotatable bonds is 4. The van der Waals surface area contributed by atoms with Crippen LogP contribution in [-0.4, -0.2) is 27.8 Å². The van der Waals surface area contributed by atoms with Gasteiger partial charge in [0.2, 0.25) is 0 Å². The van der Waals surface area contributed by atoms with Gasteiger partial charge in [0.25, 0.3) is 11.5 Å². The SMILES string of the molecule is COc1ccc(-c2csc(NC(=O)c3ccc(=O)n(C)n3)n2)cc1. The van der Waals surface area contributed by atoms with E-state index in [-0.39, 0.29) is 11.3 Å². The lowest BCUT2D eigenvalue weighted by atomic mass is 10.2. The summed E-state index contributed by atoms with van der Waals surface area (Å²) in [6.45, 7) is 0. The van der Waals surface area contributed by atoms with E-state index in [0.717, 1.165) is 21.7 Å². The van der Waals surface area contributed by atoms with Gasteiger partial charge in [-0.25, -0.2) is 9.67 Å². The number of hydrogen-bond donors (Lipinski definition) is 1. The van der Waals surface area contributed by atoms with Crippen molar-refractivity contribution in [3.63, 3.8) is 0 Å². The summed E-state index contributed by atoms with van der Waals surface area (Å²) in [5.41, 5.74) is 1.56. The van der Waals surface area contributed by atoms with Gasteiger partial charge in [-0.3, -0.25) is 14.9 Å². The Morgan fingerprint density at radius 3 is 2.62 bits per heavy atom. The molecule has 122 valence electrons. The summed E-state index contributed by atoms with van der Waals surface area (Å²) in [5, 5.41) is 8.90. The first-order valence-electron chi connectivity index (χ1n) is 7.02. The molecule has 0 unspecified atom stereocenters. The molecular weight excluding hydrogens is 328 g/mol. The predicted molar refractivity (Wildman–Crippen MR) is 91.5 cm³/mol. The maximum atomic E-state index is 12.2. The minimum atomic E-state index is -0.416. The number of nitrogens with zero attached hydrogens (tertiary/aromatic N) is 3. The van der Waals surface area contributed by atoms with Crippen molar-refractivity contribution in [2.75, 3.05) is 12.4 Å². The van der Waals surface area contributed by atoms with Crippen LogP contribution in [0, 0.1) is 0 Å². The molecule has 2 aromatic heterocycles. The summed E-state index contributed by atoms with van der Waals surface area (Å²) in [7, 11) is 3.10. The van der Waals surface area contributed by atoms with Crippen LogP contribution in [0.2, 0.25) is 0 Å². The fourth-order valence-corrected chi connectivity index (χ4v) is 2.72. The molecule has 0 saturated heterocycles. The quantitative estimate of drug-likeness (QED) is 0.785. The molecule has 0 aliphatic rings. The molecule has 3 rings (SSSR count). The van der Waals surface area contributed by atoms with Crippen LogP contribution in [0.25, 0.3) is 11.3 Å². The maximum Gasteiger partial charge on any atom is 0.277 e. The minimum absolute atomic E-state index is 0.151. The highest BCUT2D eigenvalue weighted by Crippen LogP contribution is 2.26. The van der Waals surface area contributed by atoms with Gasteiger partial charge in [0.1, 0.15) is 11.4 Å².